The Morgan fingerprint density at radius 1 is 1.16 bits per heavy atom. The Balaban J connectivity index is 1.73. The highest BCUT2D eigenvalue weighted by atomic mass is 35.5. The predicted molar refractivity (Wildman–Crippen MR) is 122 cm³/mol. The van der Waals surface area contributed by atoms with E-state index in [9.17, 15) is 14.7 Å². The van der Waals surface area contributed by atoms with Gasteiger partial charge >= 0.3 is 5.69 Å². The molecular formula is C23H23ClN4O3. The summed E-state index contributed by atoms with van der Waals surface area (Å²) < 4.78 is 1.02. The van der Waals surface area contributed by atoms with Crippen LogP contribution in [-0.2, 0) is 0 Å². The van der Waals surface area contributed by atoms with Crippen LogP contribution < -0.4 is 11.2 Å². The number of aromatic amines is 1. The van der Waals surface area contributed by atoms with Gasteiger partial charge in [-0.2, -0.15) is 5.10 Å². The fourth-order valence-electron chi connectivity index (χ4n) is 3.84. The van der Waals surface area contributed by atoms with Crippen LogP contribution in [-0.4, -0.2) is 32.4 Å². The first-order chi connectivity index (χ1) is 14.8. The van der Waals surface area contributed by atoms with Crippen LogP contribution in [0.2, 0.25) is 5.02 Å². The van der Waals surface area contributed by atoms with Crippen LogP contribution in [0.4, 0.5) is 0 Å². The zero-order valence-corrected chi connectivity index (χ0v) is 18.2. The molecule has 160 valence electrons. The van der Waals surface area contributed by atoms with Gasteiger partial charge in [0.05, 0.1) is 17.4 Å². The Labute approximate surface area is 184 Å². The number of rotatable bonds is 4. The van der Waals surface area contributed by atoms with E-state index in [2.05, 4.69) is 48.2 Å². The number of nitrogens with one attached hydrogen (secondary N) is 1. The van der Waals surface area contributed by atoms with Gasteiger partial charge in [-0.1, -0.05) is 55.8 Å². The molecule has 31 heavy (non-hydrogen) atoms. The number of hydrogen-bond donors (Lipinski definition) is 2. The highest BCUT2D eigenvalue weighted by Gasteiger charge is 2.30. The first-order valence-corrected chi connectivity index (χ1v) is 10.4. The molecule has 4 rings (SSSR count). The fourth-order valence-corrected chi connectivity index (χ4v) is 4.03. The number of H-pyrrole nitrogens is 1. The maximum Gasteiger partial charge on any atom is 0.335 e. The van der Waals surface area contributed by atoms with Crippen LogP contribution >= 0.6 is 11.6 Å². The Hall–Kier alpha value is -3.32. The van der Waals surface area contributed by atoms with E-state index in [0.29, 0.717) is 28.8 Å². The molecule has 2 aromatic carbocycles. The molecule has 1 aliphatic heterocycles. The number of hydrazone groups is 1. The average Bonchev–Trinajstić information content (AvgIpc) is 3.08. The van der Waals surface area contributed by atoms with Gasteiger partial charge in [0.2, 0.25) is 5.88 Å². The van der Waals surface area contributed by atoms with Gasteiger partial charge in [-0.15, -0.1) is 0 Å². The molecule has 0 bridgehead atoms. The molecule has 1 aromatic heterocycles. The average molecular weight is 439 g/mol. The maximum absolute atomic E-state index is 12.6. The lowest BCUT2D eigenvalue weighted by Crippen LogP contribution is -2.33. The molecule has 1 atom stereocenters. The van der Waals surface area contributed by atoms with Crippen molar-refractivity contribution in [2.24, 2.45) is 5.10 Å². The van der Waals surface area contributed by atoms with E-state index >= 15 is 0 Å². The van der Waals surface area contributed by atoms with Gasteiger partial charge in [0.25, 0.3) is 5.56 Å². The smallest absolute Gasteiger partial charge is 0.335 e. The number of hydrogen-bond acceptors (Lipinski definition) is 5. The van der Waals surface area contributed by atoms with E-state index < -0.39 is 17.1 Å². The van der Waals surface area contributed by atoms with E-state index in [1.807, 2.05) is 7.05 Å². The molecule has 8 heteroatoms. The van der Waals surface area contributed by atoms with E-state index in [0.717, 1.165) is 10.1 Å². The molecular weight excluding hydrogens is 416 g/mol. The van der Waals surface area contributed by atoms with Crippen molar-refractivity contribution in [1.82, 2.24) is 14.6 Å². The lowest BCUT2D eigenvalue weighted by Gasteiger charge is -2.19. The molecule has 0 saturated heterocycles. The van der Waals surface area contributed by atoms with E-state index in [-0.39, 0.29) is 11.6 Å². The zero-order valence-electron chi connectivity index (χ0n) is 17.5. The summed E-state index contributed by atoms with van der Waals surface area (Å²) in [7, 11) is 1.83. The van der Waals surface area contributed by atoms with Gasteiger partial charge in [0.1, 0.15) is 5.56 Å². The van der Waals surface area contributed by atoms with Crippen molar-refractivity contribution in [3.8, 4) is 11.6 Å². The summed E-state index contributed by atoms with van der Waals surface area (Å²) in [6.45, 7) is 4.28. The topological polar surface area (TPSA) is 90.7 Å². The van der Waals surface area contributed by atoms with Gasteiger partial charge in [0, 0.05) is 18.5 Å². The Bertz CT molecular complexity index is 1280. The van der Waals surface area contributed by atoms with Crippen LogP contribution in [0.1, 0.15) is 48.9 Å². The fraction of sp³-hybridized carbons (Fsp3) is 0.261. The van der Waals surface area contributed by atoms with Gasteiger partial charge < -0.3 is 5.11 Å². The van der Waals surface area contributed by atoms with Crippen LogP contribution in [0.15, 0.2) is 63.2 Å². The summed E-state index contributed by atoms with van der Waals surface area (Å²) in [6, 6.07) is 14.7. The Kier molecular flexibility index (Phi) is 5.45. The number of benzene rings is 2. The van der Waals surface area contributed by atoms with E-state index in [1.54, 1.807) is 23.2 Å². The Morgan fingerprint density at radius 2 is 1.87 bits per heavy atom. The summed E-state index contributed by atoms with van der Waals surface area (Å²) >= 11 is 6.03. The number of aromatic hydroxyl groups is 1. The lowest BCUT2D eigenvalue weighted by molar-refractivity contribution is 0.290. The van der Waals surface area contributed by atoms with Crippen LogP contribution in [0, 0.1) is 0 Å². The van der Waals surface area contributed by atoms with Crippen LogP contribution in [0.3, 0.4) is 0 Å². The van der Waals surface area contributed by atoms with E-state index in [4.69, 9.17) is 11.6 Å². The second-order valence-electron chi connectivity index (χ2n) is 7.93. The number of halogens is 1. The summed E-state index contributed by atoms with van der Waals surface area (Å²) in [4.78, 5) is 27.3. The third-order valence-electron chi connectivity index (χ3n) is 5.55. The van der Waals surface area contributed by atoms with Crippen molar-refractivity contribution in [3.05, 3.63) is 91.1 Å². The normalized spacial score (nSPS) is 16.1. The van der Waals surface area contributed by atoms with Gasteiger partial charge in [-0.05, 0) is 35.2 Å². The van der Waals surface area contributed by atoms with Crippen molar-refractivity contribution in [2.75, 3.05) is 7.05 Å². The molecule has 0 aliphatic carbocycles. The highest BCUT2D eigenvalue weighted by Crippen LogP contribution is 2.33. The standard InChI is InChI=1S/C23H23ClN4O3/c1-13(2)14-7-9-15(10-8-14)19-12-18(26-27(19)3)20-21(29)25-23(31)28(22(20)30)17-6-4-5-16(24)11-17/h4-11,13,19,30H,12H2,1-3H3,(H,25,29,31). The Morgan fingerprint density at radius 3 is 2.52 bits per heavy atom. The third-order valence-corrected chi connectivity index (χ3v) is 5.78. The molecule has 2 N–H and O–H groups in total. The SMILES string of the molecule is CC(C)c1ccc(C2CC(c3c(O)n(-c4cccc(Cl)c4)c(=O)[nH]c3=O)=NN2C)cc1. The molecule has 0 radical (unpaired) electrons. The van der Waals surface area contributed by atoms with E-state index in [1.165, 1.54) is 11.6 Å². The van der Waals surface area contributed by atoms with Gasteiger partial charge in [-0.25, -0.2) is 9.36 Å². The molecule has 1 unspecified atom stereocenters. The van der Waals surface area contributed by atoms with Crippen LogP contribution in [0.5, 0.6) is 5.88 Å². The summed E-state index contributed by atoms with van der Waals surface area (Å²) in [6.07, 6.45) is 0.419. The molecule has 0 amide bonds. The highest BCUT2D eigenvalue weighted by molar-refractivity contribution is 6.30. The first kappa shape index (κ1) is 20.9. The molecule has 0 spiro atoms. The van der Waals surface area contributed by atoms with Gasteiger partial charge in [0.15, 0.2) is 0 Å². The molecule has 0 saturated carbocycles. The largest absolute Gasteiger partial charge is 0.493 e. The molecule has 0 fully saturated rings. The van der Waals surface area contributed by atoms with Crippen LogP contribution in [0.25, 0.3) is 5.69 Å². The molecule has 7 nitrogen and oxygen atoms in total. The van der Waals surface area contributed by atoms with Crippen molar-refractivity contribution >= 4 is 17.3 Å². The summed E-state index contributed by atoms with van der Waals surface area (Å²) in [5.41, 5.74) is 1.62. The zero-order chi connectivity index (χ0) is 22.3. The maximum atomic E-state index is 12.6. The minimum absolute atomic E-state index is 0.0206. The third kappa shape index (κ3) is 3.88. The van der Waals surface area contributed by atoms with Crippen molar-refractivity contribution in [3.63, 3.8) is 0 Å². The predicted octanol–water partition coefficient (Wildman–Crippen LogP) is 3.79. The lowest BCUT2D eigenvalue weighted by atomic mass is 9.96. The molecule has 3 aromatic rings. The second kappa shape index (κ2) is 8.07. The van der Waals surface area contributed by atoms with Crippen molar-refractivity contribution in [1.29, 1.82) is 0 Å². The van der Waals surface area contributed by atoms with Gasteiger partial charge in [-0.3, -0.25) is 14.8 Å². The molecule has 2 heterocycles. The summed E-state index contributed by atoms with van der Waals surface area (Å²) in [5.74, 6) is -0.0239. The minimum atomic E-state index is -0.749. The number of nitrogens with zero attached hydrogens (tertiary/aromatic N) is 3. The number of aromatic nitrogens is 2. The van der Waals surface area contributed by atoms with Crippen molar-refractivity contribution in [2.45, 2.75) is 32.2 Å². The van der Waals surface area contributed by atoms with Crippen molar-refractivity contribution < 1.29 is 5.11 Å². The minimum Gasteiger partial charge on any atom is -0.493 e. The molecule has 1 aliphatic rings. The quantitative estimate of drug-likeness (QED) is 0.648. The monoisotopic (exact) mass is 438 g/mol. The second-order valence-corrected chi connectivity index (χ2v) is 8.37. The first-order valence-electron chi connectivity index (χ1n) is 10.0. The summed E-state index contributed by atoms with van der Waals surface area (Å²) in [5, 5.41) is 17.6.